The molecule has 1 rings (SSSR count). The molecule has 0 bridgehead atoms. The summed E-state index contributed by atoms with van der Waals surface area (Å²) in [5.74, 6) is -5.09. The van der Waals surface area contributed by atoms with Crippen molar-refractivity contribution < 1.29 is 34.7 Å². The summed E-state index contributed by atoms with van der Waals surface area (Å²) in [5, 5.41) is 30.6. The molecule has 0 radical (unpaired) electrons. The summed E-state index contributed by atoms with van der Waals surface area (Å²) < 4.78 is 0. The molecule has 2 unspecified atom stereocenters. The van der Waals surface area contributed by atoms with E-state index >= 15 is 0 Å². The van der Waals surface area contributed by atoms with Gasteiger partial charge >= 0.3 is 0 Å². The van der Waals surface area contributed by atoms with Crippen LogP contribution in [0, 0.1) is 11.8 Å². The van der Waals surface area contributed by atoms with Gasteiger partial charge in [-0.3, -0.25) is 19.6 Å². The lowest BCUT2D eigenvalue weighted by molar-refractivity contribution is -0.297. The predicted molar refractivity (Wildman–Crippen MR) is 104 cm³/mol. The Bertz CT molecular complexity index is 738. The molecule has 3 N–H and O–H groups in total. The average Bonchev–Trinajstić information content (AvgIpc) is 2.83. The summed E-state index contributed by atoms with van der Waals surface area (Å²) in [4.78, 5) is 42.5. The number of hydrogen-bond donors (Lipinski definition) is 3. The highest BCUT2D eigenvalue weighted by atomic mass is 17.1. The van der Waals surface area contributed by atoms with E-state index in [0.717, 1.165) is 11.6 Å². The van der Waals surface area contributed by atoms with E-state index in [2.05, 4.69) is 4.89 Å². The fourth-order valence-corrected chi connectivity index (χ4v) is 2.86. The van der Waals surface area contributed by atoms with Gasteiger partial charge in [-0.2, -0.15) is 0 Å². The van der Waals surface area contributed by atoms with Crippen LogP contribution < -0.4 is 0 Å². The second kappa shape index (κ2) is 8.94. The summed E-state index contributed by atoms with van der Waals surface area (Å²) in [6.45, 7) is 9.89. The molecule has 0 aliphatic heterocycles. The van der Waals surface area contributed by atoms with Crippen molar-refractivity contribution >= 4 is 17.3 Å². The molecule has 0 aromatic carbocycles. The van der Waals surface area contributed by atoms with E-state index in [4.69, 9.17) is 5.26 Å². The first-order chi connectivity index (χ1) is 12.8. The van der Waals surface area contributed by atoms with E-state index in [1.165, 1.54) is 19.9 Å². The van der Waals surface area contributed by atoms with Crippen molar-refractivity contribution in [1.29, 1.82) is 0 Å². The molecule has 28 heavy (non-hydrogen) atoms. The van der Waals surface area contributed by atoms with Gasteiger partial charge < -0.3 is 10.2 Å². The zero-order valence-electron chi connectivity index (χ0n) is 17.3. The van der Waals surface area contributed by atoms with Gasteiger partial charge in [-0.1, -0.05) is 25.5 Å². The SMILES string of the molecule is CCC(C)C(=O)C1=C(O)[C@@](O)(C(=O)/C=C/C(C)(C)OO)C(CC=C(C)C)C1=O. The Morgan fingerprint density at radius 1 is 1.32 bits per heavy atom. The maximum absolute atomic E-state index is 12.9. The van der Waals surface area contributed by atoms with Crippen molar-refractivity contribution in [2.45, 2.75) is 65.6 Å². The number of Topliss-reactive ketones (excluding diaryl/α,β-unsaturated/α-hetero) is 2. The molecule has 7 heteroatoms. The minimum absolute atomic E-state index is 0.0154. The van der Waals surface area contributed by atoms with E-state index in [0.29, 0.717) is 6.42 Å². The minimum Gasteiger partial charge on any atom is -0.508 e. The molecule has 1 aliphatic carbocycles. The molecule has 7 nitrogen and oxygen atoms in total. The maximum atomic E-state index is 12.9. The van der Waals surface area contributed by atoms with Crippen LogP contribution in [0.2, 0.25) is 0 Å². The number of carbonyl (C=O) groups excluding carboxylic acids is 3. The van der Waals surface area contributed by atoms with Crippen molar-refractivity contribution in [2.75, 3.05) is 0 Å². The lowest BCUT2D eigenvalue weighted by Gasteiger charge is -2.26. The average molecular weight is 394 g/mol. The second-order valence-electron chi connectivity index (χ2n) is 7.99. The van der Waals surface area contributed by atoms with Crippen LogP contribution >= 0.6 is 0 Å². The lowest BCUT2D eigenvalue weighted by Crippen LogP contribution is -2.46. The lowest BCUT2D eigenvalue weighted by atomic mass is 9.81. The minimum atomic E-state index is -2.55. The topological polar surface area (TPSA) is 121 Å². The number of aliphatic hydroxyl groups is 2. The van der Waals surface area contributed by atoms with Gasteiger partial charge in [0.25, 0.3) is 0 Å². The zero-order chi connectivity index (χ0) is 21.9. The maximum Gasteiger partial charge on any atom is 0.195 e. The van der Waals surface area contributed by atoms with Crippen LogP contribution in [0.4, 0.5) is 0 Å². The van der Waals surface area contributed by atoms with Gasteiger partial charge in [0.05, 0.1) is 5.92 Å². The molecule has 3 atom stereocenters. The summed E-state index contributed by atoms with van der Waals surface area (Å²) in [6.07, 6.45) is 4.22. The molecule has 0 spiro atoms. The van der Waals surface area contributed by atoms with Crippen LogP contribution in [0.1, 0.15) is 54.4 Å². The van der Waals surface area contributed by atoms with Crippen LogP contribution in [0.5, 0.6) is 0 Å². The highest BCUT2D eigenvalue weighted by Crippen LogP contribution is 2.41. The van der Waals surface area contributed by atoms with Gasteiger partial charge in [0.15, 0.2) is 23.0 Å². The van der Waals surface area contributed by atoms with Crippen LogP contribution in [0.15, 0.2) is 35.1 Å². The quantitative estimate of drug-likeness (QED) is 0.181. The Kier molecular flexibility index (Phi) is 7.65. The van der Waals surface area contributed by atoms with Gasteiger partial charge in [0, 0.05) is 5.92 Å². The Balaban J connectivity index is 3.50. The van der Waals surface area contributed by atoms with Crippen molar-refractivity contribution in [1.82, 2.24) is 0 Å². The summed E-state index contributed by atoms with van der Waals surface area (Å²) >= 11 is 0. The molecular weight excluding hydrogens is 364 g/mol. The first kappa shape index (κ1) is 23.9. The monoisotopic (exact) mass is 394 g/mol. The Labute approximate surface area is 165 Å². The number of ketones is 3. The zero-order valence-corrected chi connectivity index (χ0v) is 17.3. The number of carbonyl (C=O) groups is 3. The second-order valence-corrected chi connectivity index (χ2v) is 7.99. The number of rotatable bonds is 9. The van der Waals surface area contributed by atoms with Crippen molar-refractivity contribution in [3.05, 3.63) is 35.1 Å². The highest BCUT2D eigenvalue weighted by molar-refractivity contribution is 6.27. The summed E-state index contributed by atoms with van der Waals surface area (Å²) in [7, 11) is 0. The third kappa shape index (κ3) is 4.66. The fourth-order valence-electron chi connectivity index (χ4n) is 2.86. The number of hydrogen-bond acceptors (Lipinski definition) is 7. The number of allylic oxidation sites excluding steroid dienone is 3. The normalized spacial score (nSPS) is 24.0. The first-order valence-corrected chi connectivity index (χ1v) is 9.27. The van der Waals surface area contributed by atoms with E-state index in [-0.39, 0.29) is 6.42 Å². The molecule has 0 aromatic rings. The van der Waals surface area contributed by atoms with E-state index < -0.39 is 51.7 Å². The first-order valence-electron chi connectivity index (χ1n) is 9.27. The van der Waals surface area contributed by atoms with Gasteiger partial charge in [0.2, 0.25) is 0 Å². The van der Waals surface area contributed by atoms with Crippen LogP contribution in [-0.4, -0.2) is 44.0 Å². The molecule has 0 aromatic heterocycles. The molecule has 0 fully saturated rings. The van der Waals surface area contributed by atoms with Crippen molar-refractivity contribution in [2.24, 2.45) is 11.8 Å². The summed E-state index contributed by atoms with van der Waals surface area (Å²) in [6, 6.07) is 0. The summed E-state index contributed by atoms with van der Waals surface area (Å²) in [5.41, 5.74) is -3.43. The van der Waals surface area contributed by atoms with Crippen LogP contribution in [0.3, 0.4) is 0 Å². The fraction of sp³-hybridized carbons (Fsp3) is 0.571. The Morgan fingerprint density at radius 3 is 2.36 bits per heavy atom. The van der Waals surface area contributed by atoms with Crippen LogP contribution in [0.25, 0.3) is 0 Å². The smallest absolute Gasteiger partial charge is 0.195 e. The van der Waals surface area contributed by atoms with Gasteiger partial charge in [-0.25, -0.2) is 4.89 Å². The van der Waals surface area contributed by atoms with Crippen molar-refractivity contribution in [3.8, 4) is 0 Å². The molecule has 0 saturated carbocycles. The highest BCUT2D eigenvalue weighted by Gasteiger charge is 2.58. The van der Waals surface area contributed by atoms with E-state index in [9.17, 15) is 24.6 Å². The van der Waals surface area contributed by atoms with Crippen LogP contribution in [-0.2, 0) is 19.3 Å². The van der Waals surface area contributed by atoms with Gasteiger partial charge in [0.1, 0.15) is 16.9 Å². The van der Waals surface area contributed by atoms with Crippen molar-refractivity contribution in [3.63, 3.8) is 0 Å². The third-order valence-electron chi connectivity index (χ3n) is 4.98. The molecule has 156 valence electrons. The molecule has 0 heterocycles. The standard InChI is InChI=1S/C21H30O7/c1-7-13(4)17(23)16-18(24)14(9-8-12(2)3)21(26,19(16)25)15(22)10-11-20(5,6)28-27/h8,10-11,13-14,25-27H,7,9H2,1-6H3/b11-10+/t13?,14?,21-/m0/s1. The Morgan fingerprint density at radius 2 is 1.89 bits per heavy atom. The third-order valence-corrected chi connectivity index (χ3v) is 4.98. The molecule has 1 aliphatic rings. The predicted octanol–water partition coefficient (Wildman–Crippen LogP) is 3.09. The van der Waals surface area contributed by atoms with Gasteiger partial charge in [-0.05, 0) is 52.7 Å². The Hall–Kier alpha value is -2.09. The van der Waals surface area contributed by atoms with Gasteiger partial charge in [-0.15, -0.1) is 0 Å². The molecule has 0 amide bonds. The molecule has 0 saturated heterocycles. The van der Waals surface area contributed by atoms with E-state index in [1.807, 2.05) is 0 Å². The number of aliphatic hydroxyl groups excluding tert-OH is 1. The molecular formula is C21H30O7. The van der Waals surface area contributed by atoms with E-state index in [1.54, 1.807) is 33.8 Å². The largest absolute Gasteiger partial charge is 0.508 e.